The summed E-state index contributed by atoms with van der Waals surface area (Å²) in [6.07, 6.45) is 2.63. The number of hydrogen-bond donors (Lipinski definition) is 1. The van der Waals surface area contributed by atoms with Gasteiger partial charge in [-0.05, 0) is 57.5 Å². The summed E-state index contributed by atoms with van der Waals surface area (Å²) in [5.74, 6) is 1.01. The summed E-state index contributed by atoms with van der Waals surface area (Å²) in [6, 6.07) is 7.18. The van der Waals surface area contributed by atoms with E-state index in [4.69, 9.17) is 4.74 Å². The van der Waals surface area contributed by atoms with Gasteiger partial charge in [0, 0.05) is 19.1 Å². The van der Waals surface area contributed by atoms with Crippen molar-refractivity contribution >= 4 is 0 Å². The third kappa shape index (κ3) is 4.22. The molecule has 1 aromatic rings. The Balaban J connectivity index is 1.89. The SMILES string of the molecule is CCOc1ccc(CN(C)CC2CCCN2)cc1C. The normalized spacial score (nSPS) is 19.1. The smallest absolute Gasteiger partial charge is 0.122 e. The lowest BCUT2D eigenvalue weighted by molar-refractivity contribution is 0.292. The average molecular weight is 262 g/mol. The minimum Gasteiger partial charge on any atom is -0.494 e. The summed E-state index contributed by atoms with van der Waals surface area (Å²) in [4.78, 5) is 2.40. The summed E-state index contributed by atoms with van der Waals surface area (Å²) in [5.41, 5.74) is 2.59. The summed E-state index contributed by atoms with van der Waals surface area (Å²) in [5, 5.41) is 3.55. The molecule has 0 spiro atoms. The van der Waals surface area contributed by atoms with E-state index in [2.05, 4.69) is 42.4 Å². The number of benzene rings is 1. The first-order chi connectivity index (χ1) is 9.19. The quantitative estimate of drug-likeness (QED) is 0.853. The molecule has 2 rings (SSSR count). The Morgan fingerprint density at radius 2 is 2.26 bits per heavy atom. The zero-order valence-corrected chi connectivity index (χ0v) is 12.4. The van der Waals surface area contributed by atoms with Crippen molar-refractivity contribution in [2.75, 3.05) is 26.7 Å². The lowest BCUT2D eigenvalue weighted by Gasteiger charge is -2.21. The van der Waals surface area contributed by atoms with Crippen LogP contribution in [0.25, 0.3) is 0 Å². The maximum Gasteiger partial charge on any atom is 0.122 e. The van der Waals surface area contributed by atoms with Gasteiger partial charge in [0.25, 0.3) is 0 Å². The second kappa shape index (κ2) is 6.92. The van der Waals surface area contributed by atoms with Crippen LogP contribution in [0, 0.1) is 6.92 Å². The van der Waals surface area contributed by atoms with Gasteiger partial charge in [0.15, 0.2) is 0 Å². The molecule has 1 aromatic carbocycles. The molecule has 0 radical (unpaired) electrons. The number of nitrogens with zero attached hydrogens (tertiary/aromatic N) is 1. The number of rotatable bonds is 6. The van der Waals surface area contributed by atoms with Gasteiger partial charge in [0.2, 0.25) is 0 Å². The fourth-order valence-electron chi connectivity index (χ4n) is 2.79. The molecule has 1 N–H and O–H groups in total. The van der Waals surface area contributed by atoms with Crippen molar-refractivity contribution in [2.24, 2.45) is 0 Å². The third-order valence-electron chi connectivity index (χ3n) is 3.69. The molecular weight excluding hydrogens is 236 g/mol. The molecule has 1 heterocycles. The molecule has 1 aliphatic rings. The largest absolute Gasteiger partial charge is 0.494 e. The summed E-state index contributed by atoms with van der Waals surface area (Å²) in [7, 11) is 2.20. The van der Waals surface area contributed by atoms with Crippen molar-refractivity contribution in [2.45, 2.75) is 39.3 Å². The Morgan fingerprint density at radius 1 is 1.42 bits per heavy atom. The number of nitrogens with one attached hydrogen (secondary N) is 1. The molecule has 1 fully saturated rings. The maximum atomic E-state index is 5.58. The van der Waals surface area contributed by atoms with E-state index in [1.54, 1.807) is 0 Å². The van der Waals surface area contributed by atoms with Crippen molar-refractivity contribution in [1.82, 2.24) is 10.2 Å². The molecule has 0 aliphatic carbocycles. The molecule has 0 amide bonds. The van der Waals surface area contributed by atoms with E-state index in [0.717, 1.165) is 25.4 Å². The van der Waals surface area contributed by atoms with Gasteiger partial charge in [-0.15, -0.1) is 0 Å². The van der Waals surface area contributed by atoms with Gasteiger partial charge in [0.1, 0.15) is 5.75 Å². The fraction of sp³-hybridized carbons (Fsp3) is 0.625. The summed E-state index contributed by atoms with van der Waals surface area (Å²) < 4.78 is 5.58. The number of hydrogen-bond acceptors (Lipinski definition) is 3. The molecule has 0 aromatic heterocycles. The molecule has 106 valence electrons. The van der Waals surface area contributed by atoms with Crippen LogP contribution in [0.15, 0.2) is 18.2 Å². The van der Waals surface area contributed by atoms with Crippen LogP contribution in [-0.4, -0.2) is 37.7 Å². The van der Waals surface area contributed by atoms with Crippen LogP contribution in [0.2, 0.25) is 0 Å². The number of ether oxygens (including phenoxy) is 1. The van der Waals surface area contributed by atoms with E-state index in [9.17, 15) is 0 Å². The fourth-order valence-corrected chi connectivity index (χ4v) is 2.79. The van der Waals surface area contributed by atoms with Crippen LogP contribution < -0.4 is 10.1 Å². The Morgan fingerprint density at radius 3 is 2.89 bits per heavy atom. The molecule has 19 heavy (non-hydrogen) atoms. The number of aryl methyl sites for hydroxylation is 1. The van der Waals surface area contributed by atoms with Crippen LogP contribution in [-0.2, 0) is 6.54 Å². The first kappa shape index (κ1) is 14.4. The monoisotopic (exact) mass is 262 g/mol. The Kier molecular flexibility index (Phi) is 5.23. The van der Waals surface area contributed by atoms with Crippen molar-refractivity contribution < 1.29 is 4.74 Å². The van der Waals surface area contributed by atoms with Crippen LogP contribution >= 0.6 is 0 Å². The molecule has 0 saturated carbocycles. The molecular formula is C16H26N2O. The lowest BCUT2D eigenvalue weighted by Crippen LogP contribution is -2.34. The van der Waals surface area contributed by atoms with E-state index in [1.807, 2.05) is 6.92 Å². The summed E-state index contributed by atoms with van der Waals surface area (Å²) in [6.45, 7) is 8.19. The molecule has 0 bridgehead atoms. The van der Waals surface area contributed by atoms with Gasteiger partial charge >= 0.3 is 0 Å². The van der Waals surface area contributed by atoms with Crippen molar-refractivity contribution in [3.8, 4) is 5.75 Å². The van der Waals surface area contributed by atoms with Crippen LogP contribution in [0.1, 0.15) is 30.9 Å². The van der Waals surface area contributed by atoms with Crippen LogP contribution in [0.4, 0.5) is 0 Å². The third-order valence-corrected chi connectivity index (χ3v) is 3.69. The Labute approximate surface area is 116 Å². The van der Waals surface area contributed by atoms with Crippen LogP contribution in [0.5, 0.6) is 5.75 Å². The zero-order valence-electron chi connectivity index (χ0n) is 12.4. The van der Waals surface area contributed by atoms with E-state index < -0.39 is 0 Å². The molecule has 1 unspecified atom stereocenters. The molecule has 1 saturated heterocycles. The van der Waals surface area contributed by atoms with E-state index in [1.165, 1.54) is 30.5 Å². The molecule has 3 nitrogen and oxygen atoms in total. The predicted octanol–water partition coefficient (Wildman–Crippen LogP) is 2.58. The highest BCUT2D eigenvalue weighted by Gasteiger charge is 2.15. The van der Waals surface area contributed by atoms with Crippen molar-refractivity contribution in [3.05, 3.63) is 29.3 Å². The minimum absolute atomic E-state index is 0.675. The number of likely N-dealkylation sites (N-methyl/N-ethyl adjacent to an activating group) is 1. The predicted molar refractivity (Wildman–Crippen MR) is 79.7 cm³/mol. The molecule has 3 heteroatoms. The summed E-state index contributed by atoms with van der Waals surface area (Å²) >= 11 is 0. The second-order valence-electron chi connectivity index (χ2n) is 5.52. The minimum atomic E-state index is 0.675. The highest BCUT2D eigenvalue weighted by molar-refractivity contribution is 5.36. The highest BCUT2D eigenvalue weighted by Crippen LogP contribution is 2.20. The Hall–Kier alpha value is -1.06. The van der Waals surface area contributed by atoms with Gasteiger partial charge in [-0.2, -0.15) is 0 Å². The standard InChI is InChI=1S/C16H26N2O/c1-4-19-16-8-7-14(10-13(16)2)11-18(3)12-15-6-5-9-17-15/h7-8,10,15,17H,4-6,9,11-12H2,1-3H3. The van der Waals surface area contributed by atoms with E-state index in [0.29, 0.717) is 6.04 Å². The Bertz CT molecular complexity index is 400. The first-order valence-electron chi connectivity index (χ1n) is 7.33. The average Bonchev–Trinajstić information content (AvgIpc) is 2.85. The molecule has 1 atom stereocenters. The van der Waals surface area contributed by atoms with Crippen molar-refractivity contribution in [3.63, 3.8) is 0 Å². The van der Waals surface area contributed by atoms with Crippen LogP contribution in [0.3, 0.4) is 0 Å². The molecule has 1 aliphatic heterocycles. The second-order valence-corrected chi connectivity index (χ2v) is 5.52. The topological polar surface area (TPSA) is 24.5 Å². The van der Waals surface area contributed by atoms with Gasteiger partial charge in [-0.25, -0.2) is 0 Å². The van der Waals surface area contributed by atoms with E-state index in [-0.39, 0.29) is 0 Å². The lowest BCUT2D eigenvalue weighted by atomic mass is 10.1. The van der Waals surface area contributed by atoms with E-state index >= 15 is 0 Å². The van der Waals surface area contributed by atoms with Crippen molar-refractivity contribution in [1.29, 1.82) is 0 Å². The van der Waals surface area contributed by atoms with Gasteiger partial charge in [-0.1, -0.05) is 12.1 Å². The maximum absolute atomic E-state index is 5.58. The van der Waals surface area contributed by atoms with Gasteiger partial charge in [0.05, 0.1) is 6.61 Å². The first-order valence-corrected chi connectivity index (χ1v) is 7.33. The van der Waals surface area contributed by atoms with Gasteiger partial charge < -0.3 is 15.0 Å². The zero-order chi connectivity index (χ0) is 13.7. The van der Waals surface area contributed by atoms with Gasteiger partial charge in [-0.3, -0.25) is 0 Å². The highest BCUT2D eigenvalue weighted by atomic mass is 16.5.